The largest absolute Gasteiger partial charge is 0.316 e. The Bertz CT molecular complexity index is 403. The molecule has 1 saturated heterocycles. The van der Waals surface area contributed by atoms with Gasteiger partial charge in [-0.05, 0) is 56.0 Å². The van der Waals surface area contributed by atoms with Gasteiger partial charge in [0, 0.05) is 22.0 Å². The number of rotatable bonds is 4. The molecule has 0 aromatic heterocycles. The van der Waals surface area contributed by atoms with Crippen LogP contribution in [0.2, 0.25) is 5.02 Å². The number of benzene rings is 1. The summed E-state index contributed by atoms with van der Waals surface area (Å²) in [4.78, 5) is 0. The Morgan fingerprint density at radius 2 is 2.21 bits per heavy atom. The van der Waals surface area contributed by atoms with Crippen molar-refractivity contribution >= 4 is 39.9 Å². The minimum atomic E-state index is -0.635. The second-order valence-corrected chi connectivity index (χ2v) is 6.22. The molecular weight excluding hydrogens is 352 g/mol. The fourth-order valence-electron chi connectivity index (χ4n) is 2.46. The third kappa shape index (κ3) is 5.22. The van der Waals surface area contributed by atoms with Crippen molar-refractivity contribution in [3.05, 3.63) is 33.3 Å². The number of hydrogen-bond acceptors (Lipinski definition) is 1. The molecule has 19 heavy (non-hydrogen) atoms. The van der Waals surface area contributed by atoms with Gasteiger partial charge in [0.25, 0.3) is 0 Å². The summed E-state index contributed by atoms with van der Waals surface area (Å²) < 4.78 is 14.7. The molecule has 1 N–H and O–H groups in total. The van der Waals surface area contributed by atoms with Crippen LogP contribution in [0, 0.1) is 5.92 Å². The van der Waals surface area contributed by atoms with Gasteiger partial charge in [0.2, 0.25) is 0 Å². The van der Waals surface area contributed by atoms with Gasteiger partial charge in [0.15, 0.2) is 0 Å². The molecule has 2 rings (SSSR count). The van der Waals surface area contributed by atoms with E-state index in [1.807, 2.05) is 18.2 Å². The summed E-state index contributed by atoms with van der Waals surface area (Å²) in [5, 5.41) is 4.06. The fraction of sp³-hybridized carbons (Fsp3) is 0.571. The molecular formula is C14H19BrCl2FN. The van der Waals surface area contributed by atoms with Crippen molar-refractivity contribution in [3.8, 4) is 0 Å². The van der Waals surface area contributed by atoms with Crippen LogP contribution in [-0.2, 0) is 6.42 Å². The van der Waals surface area contributed by atoms with Crippen molar-refractivity contribution in [3.63, 3.8) is 0 Å². The van der Waals surface area contributed by atoms with Crippen LogP contribution in [0.25, 0.3) is 0 Å². The minimum absolute atomic E-state index is 0. The Morgan fingerprint density at radius 1 is 1.42 bits per heavy atom. The SMILES string of the molecule is Cl.F[C@H]1CCNC[C@@H]1CCCc1cc(Br)ccc1Cl. The van der Waals surface area contributed by atoms with Crippen LogP contribution in [0.3, 0.4) is 0 Å². The van der Waals surface area contributed by atoms with Crippen molar-refractivity contribution in [1.82, 2.24) is 5.32 Å². The van der Waals surface area contributed by atoms with Gasteiger partial charge in [-0.3, -0.25) is 0 Å². The zero-order chi connectivity index (χ0) is 13.0. The van der Waals surface area contributed by atoms with E-state index in [0.717, 1.165) is 47.4 Å². The van der Waals surface area contributed by atoms with Gasteiger partial charge in [0.05, 0.1) is 0 Å². The molecule has 2 atom stereocenters. The normalized spacial score (nSPS) is 22.9. The highest BCUT2D eigenvalue weighted by Gasteiger charge is 2.23. The number of aryl methyl sites for hydroxylation is 1. The molecule has 5 heteroatoms. The van der Waals surface area contributed by atoms with Gasteiger partial charge in [-0.15, -0.1) is 12.4 Å². The average Bonchev–Trinajstić information content (AvgIpc) is 2.36. The maximum Gasteiger partial charge on any atom is 0.105 e. The van der Waals surface area contributed by atoms with E-state index < -0.39 is 6.17 Å². The van der Waals surface area contributed by atoms with Gasteiger partial charge >= 0.3 is 0 Å². The third-order valence-electron chi connectivity index (χ3n) is 3.54. The third-order valence-corrected chi connectivity index (χ3v) is 4.41. The van der Waals surface area contributed by atoms with Gasteiger partial charge in [-0.25, -0.2) is 4.39 Å². The number of halogens is 4. The van der Waals surface area contributed by atoms with E-state index in [1.165, 1.54) is 0 Å². The molecule has 1 nitrogen and oxygen atoms in total. The Morgan fingerprint density at radius 3 is 2.95 bits per heavy atom. The first-order chi connectivity index (χ1) is 8.66. The monoisotopic (exact) mass is 369 g/mol. The number of nitrogens with one attached hydrogen (secondary N) is 1. The van der Waals surface area contributed by atoms with Crippen LogP contribution in [0.1, 0.15) is 24.8 Å². The maximum absolute atomic E-state index is 13.6. The van der Waals surface area contributed by atoms with Crippen LogP contribution in [0.4, 0.5) is 4.39 Å². The molecule has 0 unspecified atom stereocenters. The Kier molecular flexibility index (Phi) is 7.66. The van der Waals surface area contributed by atoms with Gasteiger partial charge in [-0.2, -0.15) is 0 Å². The van der Waals surface area contributed by atoms with Crippen molar-refractivity contribution in [1.29, 1.82) is 0 Å². The molecule has 0 aliphatic carbocycles. The van der Waals surface area contributed by atoms with Crippen LogP contribution in [0.15, 0.2) is 22.7 Å². The van der Waals surface area contributed by atoms with Crippen LogP contribution in [-0.4, -0.2) is 19.3 Å². The zero-order valence-electron chi connectivity index (χ0n) is 10.7. The number of alkyl halides is 1. The van der Waals surface area contributed by atoms with Crippen LogP contribution >= 0.6 is 39.9 Å². The van der Waals surface area contributed by atoms with E-state index in [0.29, 0.717) is 6.42 Å². The minimum Gasteiger partial charge on any atom is -0.316 e. The molecule has 1 aromatic carbocycles. The smallest absolute Gasteiger partial charge is 0.105 e. The zero-order valence-corrected chi connectivity index (χ0v) is 13.8. The summed E-state index contributed by atoms with van der Waals surface area (Å²) in [6, 6.07) is 5.89. The lowest BCUT2D eigenvalue weighted by Gasteiger charge is -2.26. The first-order valence-electron chi connectivity index (χ1n) is 6.45. The quantitative estimate of drug-likeness (QED) is 0.802. The fourth-order valence-corrected chi connectivity index (χ4v) is 3.08. The van der Waals surface area contributed by atoms with Crippen molar-refractivity contribution < 1.29 is 4.39 Å². The van der Waals surface area contributed by atoms with Crippen LogP contribution in [0.5, 0.6) is 0 Å². The summed E-state index contributed by atoms with van der Waals surface area (Å²) >= 11 is 9.58. The predicted molar refractivity (Wildman–Crippen MR) is 85.2 cm³/mol. The molecule has 1 aliphatic heterocycles. The van der Waals surface area contributed by atoms with E-state index in [1.54, 1.807) is 0 Å². The lowest BCUT2D eigenvalue weighted by molar-refractivity contribution is 0.168. The average molecular weight is 371 g/mol. The van der Waals surface area contributed by atoms with Gasteiger partial charge in [0.1, 0.15) is 6.17 Å². The Labute approximate surface area is 133 Å². The highest BCUT2D eigenvalue weighted by molar-refractivity contribution is 9.10. The summed E-state index contributed by atoms with van der Waals surface area (Å²) in [6.07, 6.45) is 2.85. The first-order valence-corrected chi connectivity index (χ1v) is 7.62. The standard InChI is InChI=1S/C14H18BrClFN.ClH/c15-12-4-5-13(16)10(8-12)2-1-3-11-9-18-7-6-14(11)17;/h4-5,8,11,14,18H,1-3,6-7,9H2;1H/t11-,14-;/m0./s1. The molecule has 0 amide bonds. The molecule has 1 aromatic rings. The first kappa shape index (κ1) is 17.2. The topological polar surface area (TPSA) is 12.0 Å². The van der Waals surface area contributed by atoms with Crippen molar-refractivity contribution in [2.24, 2.45) is 5.92 Å². The number of piperidine rings is 1. The maximum atomic E-state index is 13.6. The molecule has 0 saturated carbocycles. The summed E-state index contributed by atoms with van der Waals surface area (Å²) in [5.74, 6) is 0.171. The lowest BCUT2D eigenvalue weighted by Crippen LogP contribution is -2.37. The summed E-state index contributed by atoms with van der Waals surface area (Å²) in [5.41, 5.74) is 1.14. The van der Waals surface area contributed by atoms with E-state index >= 15 is 0 Å². The van der Waals surface area contributed by atoms with Gasteiger partial charge < -0.3 is 5.32 Å². The molecule has 1 aliphatic rings. The van der Waals surface area contributed by atoms with Crippen molar-refractivity contribution in [2.45, 2.75) is 31.9 Å². The second-order valence-electron chi connectivity index (χ2n) is 4.90. The van der Waals surface area contributed by atoms with Gasteiger partial charge in [-0.1, -0.05) is 27.5 Å². The lowest BCUT2D eigenvalue weighted by atomic mass is 9.91. The molecule has 1 heterocycles. The van der Waals surface area contributed by atoms with E-state index in [4.69, 9.17) is 11.6 Å². The summed E-state index contributed by atoms with van der Waals surface area (Å²) in [6.45, 7) is 1.63. The highest BCUT2D eigenvalue weighted by atomic mass is 79.9. The van der Waals surface area contributed by atoms with Crippen LogP contribution < -0.4 is 5.32 Å². The number of hydrogen-bond donors (Lipinski definition) is 1. The molecule has 0 spiro atoms. The predicted octanol–water partition coefficient (Wildman–Crippen LogP) is 4.79. The molecule has 0 bridgehead atoms. The van der Waals surface area contributed by atoms with E-state index in [9.17, 15) is 4.39 Å². The molecule has 108 valence electrons. The van der Waals surface area contributed by atoms with Crippen molar-refractivity contribution in [2.75, 3.05) is 13.1 Å². The summed E-state index contributed by atoms with van der Waals surface area (Å²) in [7, 11) is 0. The Hall–Kier alpha value is 0.170. The molecule has 1 fully saturated rings. The molecule has 0 radical (unpaired) electrons. The highest BCUT2D eigenvalue weighted by Crippen LogP contribution is 2.25. The second kappa shape index (κ2) is 8.46. The van der Waals surface area contributed by atoms with E-state index in [-0.39, 0.29) is 18.3 Å². The Balaban J connectivity index is 0.00000180. The van der Waals surface area contributed by atoms with E-state index in [2.05, 4.69) is 21.2 Å².